The molecular formula is C31H35O19+. The first-order valence-electron chi connectivity index (χ1n) is 14.9. The van der Waals surface area contributed by atoms with E-state index in [0.29, 0.717) is 0 Å². The molecule has 0 radical (unpaired) electrons. The van der Waals surface area contributed by atoms with E-state index in [2.05, 4.69) is 0 Å². The Morgan fingerprint density at radius 3 is 2.02 bits per heavy atom. The second-order valence-corrected chi connectivity index (χ2v) is 11.4. The Morgan fingerprint density at radius 2 is 1.40 bits per heavy atom. The number of methoxy groups -OCH3 is 1. The van der Waals surface area contributed by atoms with Crippen LogP contribution in [0.5, 0.6) is 28.7 Å². The quantitative estimate of drug-likeness (QED) is 0.0595. The van der Waals surface area contributed by atoms with Crippen LogP contribution in [0.3, 0.4) is 0 Å². The third-order valence-corrected chi connectivity index (χ3v) is 7.95. The number of phenols is 2. The van der Waals surface area contributed by atoms with Crippen molar-refractivity contribution < 1.29 is 93.5 Å². The predicted octanol–water partition coefficient (Wildman–Crippen LogP) is -1.82. The summed E-state index contributed by atoms with van der Waals surface area (Å²) in [5.41, 5.74) is 0.115. The molecule has 19 nitrogen and oxygen atoms in total. The molecule has 2 saturated heterocycles. The van der Waals surface area contributed by atoms with Gasteiger partial charge in [0.25, 0.3) is 0 Å². The maximum absolute atomic E-state index is 11.8. The van der Waals surface area contributed by atoms with Crippen molar-refractivity contribution >= 4 is 22.9 Å². The van der Waals surface area contributed by atoms with Gasteiger partial charge in [0, 0.05) is 18.2 Å². The molecule has 50 heavy (non-hydrogen) atoms. The molecule has 2 aliphatic rings. The van der Waals surface area contributed by atoms with Crippen LogP contribution in [0.1, 0.15) is 6.42 Å². The van der Waals surface area contributed by atoms with E-state index in [4.69, 9.17) is 37.9 Å². The van der Waals surface area contributed by atoms with Crippen LogP contribution in [0.2, 0.25) is 0 Å². The summed E-state index contributed by atoms with van der Waals surface area (Å²) >= 11 is 0. The van der Waals surface area contributed by atoms with Gasteiger partial charge >= 0.3 is 23.3 Å². The highest BCUT2D eigenvalue weighted by Crippen LogP contribution is 2.43. The topological polar surface area (TPSA) is 303 Å². The number of carboxylic acid groups (broad SMARTS) is 1. The Kier molecular flexibility index (Phi) is 11.1. The number of carbonyl (C=O) groups excluding carboxylic acids is 1. The Labute approximate surface area is 281 Å². The Bertz CT molecular complexity index is 1700. The predicted molar refractivity (Wildman–Crippen MR) is 161 cm³/mol. The smallest absolute Gasteiger partial charge is 0.402 e. The van der Waals surface area contributed by atoms with Gasteiger partial charge in [0.1, 0.15) is 78.7 Å². The third kappa shape index (κ3) is 7.60. The molecule has 1 aromatic heterocycles. The Hall–Kier alpha value is -4.57. The fourth-order valence-corrected chi connectivity index (χ4v) is 5.29. The minimum absolute atomic E-state index is 0.00188. The molecule has 3 heterocycles. The van der Waals surface area contributed by atoms with Crippen LogP contribution >= 0.6 is 0 Å². The van der Waals surface area contributed by atoms with Crippen LogP contribution in [-0.4, -0.2) is 145 Å². The van der Waals surface area contributed by atoms with Crippen LogP contribution in [0, 0.1) is 0 Å². The van der Waals surface area contributed by atoms with Gasteiger partial charge in [-0.15, -0.1) is 0 Å². The van der Waals surface area contributed by atoms with Gasteiger partial charge in [-0.3, -0.25) is 9.59 Å². The highest BCUT2D eigenvalue weighted by Gasteiger charge is 2.47. The molecule has 2 fully saturated rings. The van der Waals surface area contributed by atoms with Crippen LogP contribution in [0.4, 0.5) is 0 Å². The molecule has 2 aromatic carbocycles. The summed E-state index contributed by atoms with van der Waals surface area (Å²) in [4.78, 5) is 22.6. The zero-order valence-corrected chi connectivity index (χ0v) is 26.0. The van der Waals surface area contributed by atoms with E-state index in [0.717, 1.165) is 6.07 Å². The van der Waals surface area contributed by atoms with Gasteiger partial charge in [-0.25, -0.2) is 4.42 Å². The fourth-order valence-electron chi connectivity index (χ4n) is 5.29. The molecule has 10 unspecified atom stereocenters. The van der Waals surface area contributed by atoms with Gasteiger partial charge in [0.15, 0.2) is 11.5 Å². The standard InChI is InChI=1S/C31H34O19/c1-44-17-4-11(2-3-14(17)34)29-18(48-31-28(43)26(41)24(39)20(50-31)10-45-22(37)8-21(35)36)7-13-15(46-29)5-12(33)6-16(13)47-30-27(42)25(40)23(38)19(9-32)49-30/h2-7,19-20,23-28,30-32,38-43H,8-10H2,1H3,(H2-,33,34,35,36)/p+1. The molecular weight excluding hydrogens is 676 g/mol. The van der Waals surface area contributed by atoms with E-state index in [1.807, 2.05) is 0 Å². The number of carboxylic acids is 1. The number of fused-ring (bicyclic) bond motifs is 1. The third-order valence-electron chi connectivity index (χ3n) is 7.95. The van der Waals surface area contributed by atoms with E-state index in [9.17, 15) is 55.5 Å². The van der Waals surface area contributed by atoms with Crippen LogP contribution in [0.15, 0.2) is 40.8 Å². The monoisotopic (exact) mass is 711 g/mol. The average Bonchev–Trinajstić information content (AvgIpc) is 3.08. The van der Waals surface area contributed by atoms with Gasteiger partial charge in [-0.05, 0) is 12.1 Å². The number of esters is 1. The second kappa shape index (κ2) is 15.1. The minimum atomic E-state index is -1.93. The highest BCUT2D eigenvalue weighted by molar-refractivity contribution is 5.90. The fraction of sp³-hybridized carbons (Fsp3) is 0.452. The van der Waals surface area contributed by atoms with Gasteiger partial charge < -0.3 is 79.5 Å². The van der Waals surface area contributed by atoms with E-state index >= 15 is 0 Å². The summed E-state index contributed by atoms with van der Waals surface area (Å²) in [6.45, 7) is -1.49. The Morgan fingerprint density at radius 1 is 0.780 bits per heavy atom. The van der Waals surface area contributed by atoms with Crippen LogP contribution in [-0.2, 0) is 23.8 Å². The molecule has 0 spiro atoms. The van der Waals surface area contributed by atoms with Gasteiger partial charge in [-0.1, -0.05) is 0 Å². The van der Waals surface area contributed by atoms with Crippen molar-refractivity contribution in [2.24, 2.45) is 0 Å². The number of ether oxygens (including phenoxy) is 6. The molecule has 272 valence electrons. The lowest BCUT2D eigenvalue weighted by atomic mass is 9.99. The number of phenolic OH excluding ortho intramolecular Hbond substituents is 2. The summed E-state index contributed by atoms with van der Waals surface area (Å²) in [6.07, 6.45) is -18.3. The first-order valence-corrected chi connectivity index (χ1v) is 14.9. The lowest BCUT2D eigenvalue weighted by Crippen LogP contribution is -2.60. The van der Waals surface area contributed by atoms with Crippen LogP contribution < -0.4 is 14.2 Å². The molecule has 0 amide bonds. The average molecular weight is 712 g/mol. The van der Waals surface area contributed by atoms with E-state index in [-0.39, 0.29) is 45.3 Å². The number of aliphatic carboxylic acids is 1. The SMILES string of the molecule is COc1cc(-c2[o+]c3cc(O)cc(OC4OC(CO)C(O)C(O)C4O)c3cc2OC2OC(COC(=O)CC(=O)O)C(O)C(O)C2O)ccc1O. The normalized spacial score (nSPS) is 29.7. The van der Waals surface area contributed by atoms with E-state index in [1.54, 1.807) is 0 Å². The zero-order chi connectivity index (χ0) is 36.4. The number of benzene rings is 2. The highest BCUT2D eigenvalue weighted by atomic mass is 16.7. The van der Waals surface area contributed by atoms with Crippen molar-refractivity contribution in [3.8, 4) is 40.1 Å². The number of hydrogen-bond donors (Lipinski definition) is 10. The van der Waals surface area contributed by atoms with Crippen molar-refractivity contribution in [3.05, 3.63) is 36.4 Å². The minimum Gasteiger partial charge on any atom is -0.507 e. The lowest BCUT2D eigenvalue weighted by molar-refractivity contribution is -0.278. The molecule has 0 bridgehead atoms. The van der Waals surface area contributed by atoms with Gasteiger partial charge in [0.2, 0.25) is 18.3 Å². The van der Waals surface area contributed by atoms with Gasteiger partial charge in [-0.2, -0.15) is 0 Å². The first kappa shape index (κ1) is 36.7. The first-order chi connectivity index (χ1) is 23.7. The van der Waals surface area contributed by atoms with E-state index < -0.39 is 98.7 Å². The molecule has 0 aliphatic carbocycles. The molecule has 19 heteroatoms. The van der Waals surface area contributed by atoms with Crippen LogP contribution in [0.25, 0.3) is 22.3 Å². The molecule has 0 saturated carbocycles. The van der Waals surface area contributed by atoms with Crippen molar-refractivity contribution in [2.45, 2.75) is 67.8 Å². The number of aliphatic hydroxyl groups excluding tert-OH is 7. The van der Waals surface area contributed by atoms with Crippen molar-refractivity contribution in [1.29, 1.82) is 0 Å². The van der Waals surface area contributed by atoms with Gasteiger partial charge in [0.05, 0.1) is 25.3 Å². The zero-order valence-electron chi connectivity index (χ0n) is 26.0. The van der Waals surface area contributed by atoms with Crippen molar-refractivity contribution in [1.82, 2.24) is 0 Å². The number of hydrogen-bond acceptors (Lipinski definition) is 17. The molecule has 3 aromatic rings. The maximum Gasteiger partial charge on any atom is 0.402 e. The van der Waals surface area contributed by atoms with Crippen molar-refractivity contribution in [3.63, 3.8) is 0 Å². The largest absolute Gasteiger partial charge is 0.507 e. The lowest BCUT2D eigenvalue weighted by Gasteiger charge is -2.39. The summed E-state index contributed by atoms with van der Waals surface area (Å²) in [5.74, 6) is -3.93. The molecule has 2 aliphatic heterocycles. The number of rotatable bonds is 11. The van der Waals surface area contributed by atoms with E-state index in [1.165, 1.54) is 37.4 Å². The van der Waals surface area contributed by atoms with Crippen molar-refractivity contribution in [2.75, 3.05) is 20.3 Å². The summed E-state index contributed by atoms with van der Waals surface area (Å²) in [5, 5.41) is 102. The second-order valence-electron chi connectivity index (χ2n) is 11.4. The molecule has 10 atom stereocenters. The molecule has 5 rings (SSSR count). The Balaban J connectivity index is 1.56. The maximum atomic E-state index is 11.8. The molecule has 10 N–H and O–H groups in total. The number of aromatic hydroxyl groups is 2. The summed E-state index contributed by atoms with van der Waals surface area (Å²) in [7, 11) is 1.29. The summed E-state index contributed by atoms with van der Waals surface area (Å²) in [6, 6.07) is 7.53. The number of carbonyl (C=O) groups is 2. The summed E-state index contributed by atoms with van der Waals surface area (Å²) < 4.78 is 38.9. The number of aliphatic hydroxyl groups is 7.